The molecule has 0 aromatic rings. The Morgan fingerprint density at radius 2 is 1.53 bits per heavy atom. The summed E-state index contributed by atoms with van der Waals surface area (Å²) < 4.78 is 27.3. The van der Waals surface area contributed by atoms with Crippen molar-refractivity contribution in [2.24, 2.45) is 0 Å². The van der Waals surface area contributed by atoms with E-state index in [0.717, 1.165) is 45.5 Å². The van der Waals surface area contributed by atoms with Crippen molar-refractivity contribution in [3.8, 4) is 0 Å². The summed E-state index contributed by atoms with van der Waals surface area (Å²) in [6.07, 6.45) is 4.32. The zero-order valence-electron chi connectivity index (χ0n) is 12.2. The van der Waals surface area contributed by atoms with Gasteiger partial charge in [0.25, 0.3) is 0 Å². The second-order valence-corrected chi connectivity index (χ2v) is 5.90. The third kappa shape index (κ3) is 10.5. The minimum atomic E-state index is -1.53. The van der Waals surface area contributed by atoms with Crippen molar-refractivity contribution in [2.45, 2.75) is 45.6 Å². The molecule has 6 heteroatoms. The molecule has 1 unspecified atom stereocenters. The van der Waals surface area contributed by atoms with Gasteiger partial charge in [-0.2, -0.15) is 0 Å². The van der Waals surface area contributed by atoms with Crippen LogP contribution in [0.1, 0.15) is 39.5 Å². The first-order valence-corrected chi connectivity index (χ1v) is 8.54. The van der Waals surface area contributed by atoms with Gasteiger partial charge in [0.15, 0.2) is 0 Å². The molecule has 1 aliphatic rings. The first kappa shape index (κ1) is 17.1. The molecule has 0 saturated carbocycles. The number of unbranched alkanes of at least 4 members (excludes halogenated alkanes) is 1. The maximum Gasteiger partial charge on any atom is 0.577 e. The predicted octanol–water partition coefficient (Wildman–Crippen LogP) is 2.04. The van der Waals surface area contributed by atoms with Gasteiger partial charge >= 0.3 is 9.53 Å². The maximum atomic E-state index is 5.66. The largest absolute Gasteiger partial charge is 0.577 e. The molecule has 0 spiro atoms. The van der Waals surface area contributed by atoms with Gasteiger partial charge < -0.3 is 22.8 Å². The second kappa shape index (κ2) is 11.8. The Labute approximate surface area is 118 Å². The molecule has 0 aromatic carbocycles. The Morgan fingerprint density at radius 1 is 0.947 bits per heavy atom. The monoisotopic (exact) mass is 291 g/mol. The van der Waals surface area contributed by atoms with E-state index in [4.69, 9.17) is 22.8 Å². The molecule has 1 aliphatic heterocycles. The van der Waals surface area contributed by atoms with Crippen LogP contribution in [0.5, 0.6) is 0 Å². The van der Waals surface area contributed by atoms with Gasteiger partial charge in [0.05, 0.1) is 13.2 Å². The molecule has 1 rings (SSSR count). The predicted molar refractivity (Wildman–Crippen MR) is 74.0 cm³/mol. The molecule has 19 heavy (non-hydrogen) atoms. The van der Waals surface area contributed by atoms with Crippen molar-refractivity contribution in [1.82, 2.24) is 0 Å². The van der Waals surface area contributed by atoms with Crippen molar-refractivity contribution in [3.63, 3.8) is 0 Å². The molecule has 0 N–H and O–H groups in total. The first-order valence-electron chi connectivity index (χ1n) is 7.31. The van der Waals surface area contributed by atoms with E-state index in [0.29, 0.717) is 25.9 Å². The van der Waals surface area contributed by atoms with Crippen LogP contribution >= 0.6 is 0 Å². The van der Waals surface area contributed by atoms with Crippen LogP contribution in [0.15, 0.2) is 0 Å². The fraction of sp³-hybridized carbons (Fsp3) is 1.00. The number of hydrogen-bond acceptors (Lipinski definition) is 5. The lowest BCUT2D eigenvalue weighted by molar-refractivity contribution is 0.0830. The zero-order valence-corrected chi connectivity index (χ0v) is 13.2. The fourth-order valence-corrected chi connectivity index (χ4v) is 2.64. The van der Waals surface area contributed by atoms with Gasteiger partial charge in [-0.25, -0.2) is 0 Å². The highest BCUT2D eigenvalue weighted by Gasteiger charge is 2.22. The van der Waals surface area contributed by atoms with E-state index in [-0.39, 0.29) is 0 Å². The molecular formula is C13H27O5Si. The van der Waals surface area contributed by atoms with Crippen molar-refractivity contribution in [1.29, 1.82) is 0 Å². The molecule has 0 amide bonds. The van der Waals surface area contributed by atoms with Gasteiger partial charge in [0.1, 0.15) is 6.10 Å². The van der Waals surface area contributed by atoms with E-state index in [1.165, 1.54) is 0 Å². The van der Waals surface area contributed by atoms with Crippen LogP contribution < -0.4 is 0 Å². The summed E-state index contributed by atoms with van der Waals surface area (Å²) in [6.45, 7) is 8.64. The summed E-state index contributed by atoms with van der Waals surface area (Å²) in [4.78, 5) is 0. The molecular weight excluding hydrogens is 264 g/mol. The molecule has 113 valence electrons. The highest BCUT2D eigenvalue weighted by Crippen LogP contribution is 2.08. The number of ether oxygens (including phenoxy) is 2. The third-order valence-electron chi connectivity index (χ3n) is 2.46. The van der Waals surface area contributed by atoms with Crippen LogP contribution in [0.4, 0.5) is 0 Å². The summed E-state index contributed by atoms with van der Waals surface area (Å²) >= 11 is 0. The maximum absolute atomic E-state index is 5.66. The van der Waals surface area contributed by atoms with Crippen molar-refractivity contribution in [3.05, 3.63) is 0 Å². The average molecular weight is 291 g/mol. The Bertz CT molecular complexity index is 193. The zero-order chi connectivity index (χ0) is 13.8. The Morgan fingerprint density at radius 3 is 2.11 bits per heavy atom. The molecule has 0 bridgehead atoms. The fourth-order valence-electron chi connectivity index (χ4n) is 1.34. The molecule has 0 aliphatic carbocycles. The Hall–Kier alpha value is 0.0169. The molecule has 1 fully saturated rings. The average Bonchev–Trinajstić information content (AvgIpc) is 3.24. The van der Waals surface area contributed by atoms with Gasteiger partial charge in [-0.3, -0.25) is 0 Å². The smallest absolute Gasteiger partial charge is 0.379 e. The van der Waals surface area contributed by atoms with Crippen LogP contribution in [0, 0.1) is 0 Å². The highest BCUT2D eigenvalue weighted by atomic mass is 28.3. The first-order chi connectivity index (χ1) is 9.36. The van der Waals surface area contributed by atoms with Gasteiger partial charge in [0, 0.05) is 26.4 Å². The van der Waals surface area contributed by atoms with Gasteiger partial charge in [-0.1, -0.05) is 13.8 Å². The summed E-state index contributed by atoms with van der Waals surface area (Å²) in [7, 11) is -1.53. The van der Waals surface area contributed by atoms with E-state index in [9.17, 15) is 0 Å². The molecule has 1 atom stereocenters. The standard InChI is InChI=1S/C13H27O5Si/c1-3-7-16-19(17-8-4-2)18-10-6-5-9-14-11-13-12-15-13/h13H,3-12H2,1-2H3. The molecule has 1 radical (unpaired) electrons. The van der Waals surface area contributed by atoms with Crippen LogP contribution in [0.25, 0.3) is 0 Å². The second-order valence-electron chi connectivity index (χ2n) is 4.53. The van der Waals surface area contributed by atoms with E-state index in [1.54, 1.807) is 0 Å². The molecule has 5 nitrogen and oxygen atoms in total. The van der Waals surface area contributed by atoms with Crippen LogP contribution in [0.3, 0.4) is 0 Å². The molecule has 0 aromatic heterocycles. The Balaban J connectivity index is 1.89. The van der Waals surface area contributed by atoms with Crippen LogP contribution in [0.2, 0.25) is 0 Å². The molecule has 1 saturated heterocycles. The minimum Gasteiger partial charge on any atom is -0.379 e. The summed E-state index contributed by atoms with van der Waals surface area (Å²) in [5, 5.41) is 0. The van der Waals surface area contributed by atoms with E-state index < -0.39 is 9.53 Å². The van der Waals surface area contributed by atoms with E-state index in [1.807, 2.05) is 0 Å². The highest BCUT2D eigenvalue weighted by molar-refractivity contribution is 6.36. The van der Waals surface area contributed by atoms with Crippen molar-refractivity contribution in [2.75, 3.05) is 39.6 Å². The summed E-state index contributed by atoms with van der Waals surface area (Å²) in [6, 6.07) is 0. The van der Waals surface area contributed by atoms with Crippen LogP contribution in [-0.4, -0.2) is 55.3 Å². The quantitative estimate of drug-likeness (QED) is 0.278. The lowest BCUT2D eigenvalue weighted by atomic mass is 10.3. The summed E-state index contributed by atoms with van der Waals surface area (Å²) in [5.74, 6) is 0. The van der Waals surface area contributed by atoms with Gasteiger partial charge in [0.2, 0.25) is 0 Å². The lowest BCUT2D eigenvalue weighted by Gasteiger charge is -2.14. The van der Waals surface area contributed by atoms with Gasteiger partial charge in [-0.05, 0) is 25.7 Å². The minimum absolute atomic E-state index is 0.357. The van der Waals surface area contributed by atoms with E-state index in [2.05, 4.69) is 13.8 Å². The number of hydrogen-bond donors (Lipinski definition) is 0. The Kier molecular flexibility index (Phi) is 10.6. The normalized spacial score (nSPS) is 18.2. The van der Waals surface area contributed by atoms with Crippen molar-refractivity contribution < 1.29 is 22.8 Å². The van der Waals surface area contributed by atoms with E-state index >= 15 is 0 Å². The molecule has 1 heterocycles. The SMILES string of the molecule is CCCO[Si](OCCC)OCCCCOCC1CO1. The van der Waals surface area contributed by atoms with Gasteiger partial charge in [-0.15, -0.1) is 0 Å². The third-order valence-corrected chi connectivity index (χ3v) is 3.78. The summed E-state index contributed by atoms with van der Waals surface area (Å²) in [5.41, 5.74) is 0. The number of rotatable bonds is 14. The topological polar surface area (TPSA) is 49.5 Å². The van der Waals surface area contributed by atoms with Crippen LogP contribution in [-0.2, 0) is 22.8 Å². The van der Waals surface area contributed by atoms with Crippen molar-refractivity contribution >= 4 is 9.53 Å². The lowest BCUT2D eigenvalue weighted by Crippen LogP contribution is -2.28. The number of epoxide rings is 1.